The molecule has 17 aromatic rings. The van der Waals surface area contributed by atoms with E-state index in [1.54, 1.807) is 0 Å². The first-order chi connectivity index (χ1) is 39.2. The fraction of sp³-hybridized carbons (Fsp3) is 0.0704. The number of rotatable bonds is 0. The first-order valence-electron chi connectivity index (χ1n) is 27.2. The highest BCUT2D eigenvalue weighted by Crippen LogP contribution is 2.79. The summed E-state index contributed by atoms with van der Waals surface area (Å²) in [4.78, 5) is 10.7. The quantitative estimate of drug-likeness (QED) is 0.150. The van der Waals surface area contributed by atoms with Crippen LogP contribution in [0.3, 0.4) is 0 Å². The molecule has 1 spiro atoms. The fourth-order valence-electron chi connectivity index (χ4n) is 18.0. The molecule has 3 unspecified atom stereocenters. The van der Waals surface area contributed by atoms with Crippen molar-refractivity contribution in [2.24, 2.45) is 0 Å². The Morgan fingerprint density at radius 1 is 0.405 bits per heavy atom. The van der Waals surface area contributed by atoms with Crippen LogP contribution in [0, 0.1) is 22.7 Å². The maximum atomic E-state index is 11.7. The van der Waals surface area contributed by atoms with Crippen molar-refractivity contribution in [3.63, 3.8) is 0 Å². The van der Waals surface area contributed by atoms with Gasteiger partial charge in [0.05, 0.1) is 79.5 Å². The molecule has 2 bridgehead atoms. The van der Waals surface area contributed by atoms with Gasteiger partial charge in [0.25, 0.3) is 0 Å². The van der Waals surface area contributed by atoms with Crippen molar-refractivity contribution in [2.75, 3.05) is 0 Å². The third-order valence-electron chi connectivity index (χ3n) is 20.3. The van der Waals surface area contributed by atoms with Gasteiger partial charge in [0.15, 0.2) is 11.2 Å². The predicted octanol–water partition coefficient (Wildman–Crippen LogP) is 16.2. The van der Waals surface area contributed by atoms with Gasteiger partial charge in [-0.1, -0.05) is 121 Å². The van der Waals surface area contributed by atoms with Crippen LogP contribution in [0.2, 0.25) is 0 Å². The topological polar surface area (TPSA) is 108 Å². The van der Waals surface area contributed by atoms with Crippen molar-refractivity contribution >= 4 is 120 Å². The van der Waals surface area contributed by atoms with E-state index in [-0.39, 0.29) is 29.1 Å². The molecule has 9 aromatic carbocycles. The molecule has 8 aromatic heterocycles. The molecule has 23 rings (SSSR count). The largest absolute Gasteiger partial charge is 0.454 e. The minimum Gasteiger partial charge on any atom is -0.454 e. The van der Waals surface area contributed by atoms with Crippen molar-refractivity contribution in [2.45, 2.75) is 29.1 Å². The van der Waals surface area contributed by atoms with E-state index in [2.05, 4.69) is 167 Å². The van der Waals surface area contributed by atoms with E-state index >= 15 is 0 Å². The Morgan fingerprint density at radius 2 is 0.810 bits per heavy atom. The zero-order valence-corrected chi connectivity index (χ0v) is 41.5. The fourth-order valence-corrected chi connectivity index (χ4v) is 18.0. The maximum Gasteiger partial charge on any atom is 0.163 e. The second-order valence-electron chi connectivity index (χ2n) is 23.0. The van der Waals surface area contributed by atoms with Gasteiger partial charge in [-0.05, 0) is 103 Å². The van der Waals surface area contributed by atoms with Crippen LogP contribution >= 0.6 is 0 Å². The molecular weight excluding hydrogens is 969 g/mol. The third-order valence-corrected chi connectivity index (χ3v) is 20.3. The first-order valence-corrected chi connectivity index (χ1v) is 27.2. The molecule has 8 heterocycles. The Balaban J connectivity index is 1.06. The van der Waals surface area contributed by atoms with Gasteiger partial charge in [-0.2, -0.15) is 10.5 Å². The van der Waals surface area contributed by atoms with E-state index in [0.717, 1.165) is 131 Å². The Morgan fingerprint density at radius 3 is 1.32 bits per heavy atom. The average Bonchev–Trinajstić information content (AvgIpc) is 2.46. The van der Waals surface area contributed by atoms with Crippen LogP contribution in [0.15, 0.2) is 179 Å². The molecule has 0 fully saturated rings. The Hall–Kier alpha value is -10.5. The van der Waals surface area contributed by atoms with Gasteiger partial charge in [-0.3, -0.25) is 0 Å². The zero-order chi connectivity index (χ0) is 50.8. The average molecular weight is 1000 g/mol. The summed E-state index contributed by atoms with van der Waals surface area (Å²) >= 11 is 0. The molecule has 0 radical (unpaired) electrons. The molecular formula is C71H32N6O2. The molecule has 8 nitrogen and oxygen atoms in total. The van der Waals surface area contributed by atoms with Crippen LogP contribution in [0.1, 0.15) is 102 Å². The number of para-hydroxylation sites is 2. The number of fused-ring (bicyclic) bond motifs is 30. The lowest BCUT2D eigenvalue weighted by Gasteiger charge is -2.58. The summed E-state index contributed by atoms with van der Waals surface area (Å²) in [6.07, 6.45) is 4.11. The van der Waals surface area contributed by atoms with Crippen LogP contribution in [0.4, 0.5) is 0 Å². The molecule has 6 aliphatic rings. The highest BCUT2D eigenvalue weighted by Gasteiger charge is 2.70. The minimum absolute atomic E-state index is 0.00551. The lowest BCUT2D eigenvalue weighted by molar-refractivity contribution is 0.333. The molecule has 3 atom stereocenters. The Labute approximate surface area is 445 Å². The number of hydrogen-bond acceptors (Lipinski definition) is 6. The standard InChI is InChI=1S/C71H32N6O2/c72-27-31-25-43-53(57-49(31)51-33-13-1-3-15-35(33)52(57)36-16-4-2-14-34(36)51)59-61-55-46(30-75-65-39-19-7-11-23-47(39)78-69(55)65)77-44-26-32(28-73)50-58(64-38-18-6-10-22-42(38)71(64)41-21-9-5-17-37(41)63(50)71)54(44)60(68(61)77)62-56-45(76(43)67(59)62)29-74-66-40-20-8-12-24-48(40)79-70(56)66/h1-26,29-30,51-52,63-64H. The Bertz CT molecular complexity index is 5960. The number of pyridine rings is 2. The predicted molar refractivity (Wildman–Crippen MR) is 307 cm³/mol. The molecule has 79 heavy (non-hydrogen) atoms. The van der Waals surface area contributed by atoms with Crippen LogP contribution in [0.25, 0.3) is 120 Å². The molecule has 6 aliphatic carbocycles. The number of benzene rings is 9. The third kappa shape index (κ3) is 3.75. The molecule has 0 saturated heterocycles. The van der Waals surface area contributed by atoms with Crippen LogP contribution in [0.5, 0.6) is 0 Å². The van der Waals surface area contributed by atoms with Crippen LogP contribution in [-0.4, -0.2) is 18.8 Å². The molecule has 0 N–H and O–H groups in total. The highest BCUT2D eigenvalue weighted by molar-refractivity contribution is 6.48. The molecule has 0 aliphatic heterocycles. The summed E-state index contributed by atoms with van der Waals surface area (Å²) in [6.45, 7) is 0. The summed E-state index contributed by atoms with van der Waals surface area (Å²) in [5.74, 6) is -0.261. The number of aromatic nitrogens is 4. The molecule has 0 saturated carbocycles. The van der Waals surface area contributed by atoms with Gasteiger partial charge >= 0.3 is 0 Å². The van der Waals surface area contributed by atoms with E-state index in [1.165, 1.54) is 55.6 Å². The van der Waals surface area contributed by atoms with E-state index in [0.29, 0.717) is 11.1 Å². The second kappa shape index (κ2) is 12.3. The molecule has 8 heteroatoms. The Kier molecular flexibility index (Phi) is 6.08. The number of hydrogen-bond donors (Lipinski definition) is 0. The van der Waals surface area contributed by atoms with Crippen LogP contribution < -0.4 is 0 Å². The van der Waals surface area contributed by atoms with E-state index in [9.17, 15) is 10.5 Å². The monoisotopic (exact) mass is 1000 g/mol. The highest BCUT2D eigenvalue weighted by atomic mass is 16.3. The van der Waals surface area contributed by atoms with Crippen molar-refractivity contribution in [1.82, 2.24) is 18.8 Å². The van der Waals surface area contributed by atoms with Crippen molar-refractivity contribution < 1.29 is 8.83 Å². The smallest absolute Gasteiger partial charge is 0.163 e. The van der Waals surface area contributed by atoms with Crippen molar-refractivity contribution in [3.05, 3.63) is 248 Å². The van der Waals surface area contributed by atoms with Gasteiger partial charge in [0.2, 0.25) is 0 Å². The van der Waals surface area contributed by atoms with Gasteiger partial charge < -0.3 is 17.6 Å². The number of furan rings is 2. The lowest BCUT2D eigenvalue weighted by atomic mass is 9.43. The molecule has 0 amide bonds. The van der Waals surface area contributed by atoms with Gasteiger partial charge in [0.1, 0.15) is 22.2 Å². The number of nitriles is 2. The van der Waals surface area contributed by atoms with E-state index in [1.807, 2.05) is 24.3 Å². The second-order valence-corrected chi connectivity index (χ2v) is 23.0. The summed E-state index contributed by atoms with van der Waals surface area (Å²) < 4.78 is 19.2. The SMILES string of the molecule is N#Cc1cc2c(c3c1C1c4ccccc4C3c3ccccc31)c1c3c4c5oc6ccccc6c5ncc4n4c5cc(C#N)c6c(c5c(c5c7c8oc9ccccc9c8ncc7n2c15)c34)C1c2ccccc2C12c1ccccc1C62. The summed E-state index contributed by atoms with van der Waals surface area (Å²) in [6, 6.07) is 62.3. The van der Waals surface area contributed by atoms with Gasteiger partial charge in [-0.15, -0.1) is 0 Å². The van der Waals surface area contributed by atoms with Crippen molar-refractivity contribution in [3.8, 4) is 12.1 Å². The summed E-state index contributed by atoms with van der Waals surface area (Å²) in [5.41, 5.74) is 26.7. The van der Waals surface area contributed by atoms with Crippen molar-refractivity contribution in [1.29, 1.82) is 10.5 Å². The first kappa shape index (κ1) is 38.9. The lowest BCUT2D eigenvalue weighted by Crippen LogP contribution is -2.52. The number of nitrogens with zero attached hydrogens (tertiary/aromatic N) is 6. The van der Waals surface area contributed by atoms with Gasteiger partial charge in [-0.25, -0.2) is 9.97 Å². The minimum atomic E-state index is -0.303. The molecule has 358 valence electrons. The van der Waals surface area contributed by atoms with E-state index in [4.69, 9.17) is 18.8 Å². The summed E-state index contributed by atoms with van der Waals surface area (Å²) in [5, 5.41) is 33.9. The van der Waals surface area contributed by atoms with E-state index < -0.39 is 0 Å². The van der Waals surface area contributed by atoms with Crippen LogP contribution in [-0.2, 0) is 5.41 Å². The normalized spacial score (nSPS) is 19.9. The zero-order valence-electron chi connectivity index (χ0n) is 41.5. The van der Waals surface area contributed by atoms with Gasteiger partial charge in [0, 0.05) is 72.2 Å². The summed E-state index contributed by atoms with van der Waals surface area (Å²) in [7, 11) is 0. The maximum absolute atomic E-state index is 11.7.